The van der Waals surface area contributed by atoms with Gasteiger partial charge in [0.1, 0.15) is 17.1 Å². The van der Waals surface area contributed by atoms with E-state index in [1.54, 1.807) is 24.4 Å². The Balaban J connectivity index is 2.02. The van der Waals surface area contributed by atoms with Gasteiger partial charge in [0.25, 0.3) is 0 Å². The van der Waals surface area contributed by atoms with Gasteiger partial charge < -0.3 is 19.8 Å². The molecule has 1 aromatic heterocycles. The van der Waals surface area contributed by atoms with Gasteiger partial charge in [-0.1, -0.05) is 6.07 Å². The zero-order valence-electron chi connectivity index (χ0n) is 12.2. The van der Waals surface area contributed by atoms with Gasteiger partial charge in [0.05, 0.1) is 13.2 Å². The molecule has 0 aliphatic rings. The highest BCUT2D eigenvalue weighted by Crippen LogP contribution is 2.25. The molecule has 6 nitrogen and oxygen atoms in total. The molecule has 0 atom stereocenters. The normalized spacial score (nSPS) is 10.4. The first-order chi connectivity index (χ1) is 10.1. The maximum atomic E-state index is 12.2. The Morgan fingerprint density at radius 2 is 2.24 bits per heavy atom. The summed E-state index contributed by atoms with van der Waals surface area (Å²) in [5, 5.41) is 0. The lowest BCUT2D eigenvalue weighted by Gasteiger charge is -2.12. The number of esters is 1. The minimum absolute atomic E-state index is 0.240. The second-order valence-corrected chi connectivity index (χ2v) is 4.49. The Morgan fingerprint density at radius 3 is 2.90 bits per heavy atom. The SMILES string of the molecule is CCOc1cccc(N)c1C(=O)OCCc1nccn1C. The van der Waals surface area contributed by atoms with Crippen LogP contribution in [0.3, 0.4) is 0 Å². The molecule has 0 saturated heterocycles. The van der Waals surface area contributed by atoms with Gasteiger partial charge in [-0.15, -0.1) is 0 Å². The minimum atomic E-state index is -0.481. The third-order valence-corrected chi connectivity index (χ3v) is 3.04. The van der Waals surface area contributed by atoms with Crippen LogP contribution in [0.2, 0.25) is 0 Å². The summed E-state index contributed by atoms with van der Waals surface area (Å²) in [4.78, 5) is 16.3. The summed E-state index contributed by atoms with van der Waals surface area (Å²) in [5.41, 5.74) is 6.47. The topological polar surface area (TPSA) is 79.4 Å². The van der Waals surface area contributed by atoms with Gasteiger partial charge in [-0.2, -0.15) is 0 Å². The highest BCUT2D eigenvalue weighted by atomic mass is 16.5. The van der Waals surface area contributed by atoms with Crippen molar-refractivity contribution in [3.8, 4) is 5.75 Å². The fourth-order valence-corrected chi connectivity index (χ4v) is 1.99. The van der Waals surface area contributed by atoms with E-state index >= 15 is 0 Å². The lowest BCUT2D eigenvalue weighted by molar-refractivity contribution is 0.0504. The number of nitrogens with zero attached hydrogens (tertiary/aromatic N) is 2. The zero-order valence-corrected chi connectivity index (χ0v) is 12.2. The molecule has 0 spiro atoms. The quantitative estimate of drug-likeness (QED) is 0.648. The fourth-order valence-electron chi connectivity index (χ4n) is 1.99. The monoisotopic (exact) mass is 289 g/mol. The number of carbonyl (C=O) groups excluding carboxylic acids is 1. The number of rotatable bonds is 6. The predicted octanol–water partition coefficient (Wildman–Crippen LogP) is 1.80. The average molecular weight is 289 g/mol. The number of nitrogens with two attached hydrogens (primary N) is 1. The summed E-state index contributed by atoms with van der Waals surface area (Å²) >= 11 is 0. The van der Waals surface area contributed by atoms with E-state index in [2.05, 4.69) is 4.98 Å². The van der Waals surface area contributed by atoms with Crippen LogP contribution in [0.4, 0.5) is 5.69 Å². The van der Waals surface area contributed by atoms with Crippen LogP contribution in [0.25, 0.3) is 0 Å². The highest BCUT2D eigenvalue weighted by Gasteiger charge is 2.17. The van der Waals surface area contributed by atoms with Crippen molar-refractivity contribution in [2.75, 3.05) is 18.9 Å². The van der Waals surface area contributed by atoms with Crippen LogP contribution < -0.4 is 10.5 Å². The minimum Gasteiger partial charge on any atom is -0.493 e. The van der Waals surface area contributed by atoms with E-state index in [0.29, 0.717) is 24.5 Å². The van der Waals surface area contributed by atoms with Gasteiger partial charge in [0.2, 0.25) is 0 Å². The number of ether oxygens (including phenoxy) is 2. The molecule has 1 heterocycles. The number of aryl methyl sites for hydroxylation is 1. The van der Waals surface area contributed by atoms with Crippen molar-refractivity contribution >= 4 is 11.7 Å². The molecule has 0 radical (unpaired) electrons. The molecule has 0 saturated carbocycles. The summed E-state index contributed by atoms with van der Waals surface area (Å²) in [6.07, 6.45) is 4.10. The number of carbonyl (C=O) groups is 1. The van der Waals surface area contributed by atoms with E-state index in [1.807, 2.05) is 24.7 Å². The number of aromatic nitrogens is 2. The summed E-state index contributed by atoms with van der Waals surface area (Å²) in [5.74, 6) is 0.819. The molecule has 21 heavy (non-hydrogen) atoms. The lowest BCUT2D eigenvalue weighted by atomic mass is 10.1. The van der Waals surface area contributed by atoms with Crippen molar-refractivity contribution < 1.29 is 14.3 Å². The van der Waals surface area contributed by atoms with Crippen LogP contribution in [0.15, 0.2) is 30.6 Å². The molecule has 0 aliphatic carbocycles. The Morgan fingerprint density at radius 1 is 1.43 bits per heavy atom. The van der Waals surface area contributed by atoms with E-state index in [4.69, 9.17) is 15.2 Å². The first kappa shape index (κ1) is 14.9. The standard InChI is InChI=1S/C15H19N3O3/c1-3-20-12-6-4-5-11(16)14(12)15(19)21-10-7-13-17-8-9-18(13)2/h4-6,8-9H,3,7,10,16H2,1-2H3. The number of benzene rings is 1. The van der Waals surface area contributed by atoms with Crippen molar-refractivity contribution in [2.24, 2.45) is 7.05 Å². The van der Waals surface area contributed by atoms with Crippen molar-refractivity contribution in [3.63, 3.8) is 0 Å². The van der Waals surface area contributed by atoms with Crippen LogP contribution in [0.1, 0.15) is 23.1 Å². The predicted molar refractivity (Wildman–Crippen MR) is 79.2 cm³/mol. The second-order valence-electron chi connectivity index (χ2n) is 4.49. The number of anilines is 1. The molecule has 2 rings (SSSR count). The van der Waals surface area contributed by atoms with Crippen molar-refractivity contribution in [3.05, 3.63) is 42.0 Å². The van der Waals surface area contributed by atoms with Gasteiger partial charge in [0.15, 0.2) is 0 Å². The van der Waals surface area contributed by atoms with E-state index in [0.717, 1.165) is 5.82 Å². The molecule has 0 aliphatic heterocycles. The molecule has 0 fully saturated rings. The van der Waals surface area contributed by atoms with Crippen LogP contribution in [0, 0.1) is 0 Å². The van der Waals surface area contributed by atoms with Crippen molar-refractivity contribution in [1.82, 2.24) is 9.55 Å². The molecule has 112 valence electrons. The Kier molecular flexibility index (Phi) is 4.81. The Bertz CT molecular complexity index is 622. The molecular formula is C15H19N3O3. The molecule has 2 aromatic rings. The number of hydrogen-bond acceptors (Lipinski definition) is 5. The van der Waals surface area contributed by atoms with E-state index in [9.17, 15) is 4.79 Å². The summed E-state index contributed by atoms with van der Waals surface area (Å²) in [6, 6.07) is 5.10. The maximum absolute atomic E-state index is 12.2. The smallest absolute Gasteiger partial charge is 0.344 e. The van der Waals surface area contributed by atoms with Crippen molar-refractivity contribution in [2.45, 2.75) is 13.3 Å². The number of hydrogen-bond donors (Lipinski definition) is 1. The first-order valence-corrected chi connectivity index (χ1v) is 6.78. The van der Waals surface area contributed by atoms with E-state index in [-0.39, 0.29) is 12.2 Å². The van der Waals surface area contributed by atoms with Gasteiger partial charge in [-0.3, -0.25) is 0 Å². The molecule has 1 aromatic carbocycles. The summed E-state index contributed by atoms with van der Waals surface area (Å²) in [6.45, 7) is 2.54. The van der Waals surface area contributed by atoms with Crippen LogP contribution in [-0.4, -0.2) is 28.7 Å². The largest absolute Gasteiger partial charge is 0.493 e. The van der Waals surface area contributed by atoms with Gasteiger partial charge in [-0.25, -0.2) is 9.78 Å². The lowest BCUT2D eigenvalue weighted by Crippen LogP contribution is -2.13. The summed E-state index contributed by atoms with van der Waals surface area (Å²) in [7, 11) is 1.90. The van der Waals surface area contributed by atoms with Crippen molar-refractivity contribution in [1.29, 1.82) is 0 Å². The van der Waals surface area contributed by atoms with Crippen LogP contribution in [0.5, 0.6) is 5.75 Å². The zero-order chi connectivity index (χ0) is 15.2. The number of imidazole rings is 1. The first-order valence-electron chi connectivity index (χ1n) is 6.78. The summed E-state index contributed by atoms with van der Waals surface area (Å²) < 4.78 is 12.6. The second kappa shape index (κ2) is 6.78. The molecule has 0 amide bonds. The molecule has 2 N–H and O–H groups in total. The maximum Gasteiger partial charge on any atom is 0.344 e. The van der Waals surface area contributed by atoms with Gasteiger partial charge in [0, 0.05) is 31.5 Å². The molecular weight excluding hydrogens is 270 g/mol. The Labute approximate surface area is 123 Å². The van der Waals surface area contributed by atoms with Crippen LogP contribution >= 0.6 is 0 Å². The number of nitrogen functional groups attached to an aromatic ring is 1. The molecule has 0 unspecified atom stereocenters. The molecule has 6 heteroatoms. The average Bonchev–Trinajstić information content (AvgIpc) is 2.85. The third kappa shape index (κ3) is 3.53. The Hall–Kier alpha value is -2.50. The fraction of sp³-hybridized carbons (Fsp3) is 0.333. The van der Waals surface area contributed by atoms with E-state index in [1.165, 1.54) is 0 Å². The van der Waals surface area contributed by atoms with Gasteiger partial charge in [-0.05, 0) is 19.1 Å². The van der Waals surface area contributed by atoms with E-state index < -0.39 is 5.97 Å². The van der Waals surface area contributed by atoms with Gasteiger partial charge >= 0.3 is 5.97 Å². The molecule has 0 bridgehead atoms. The third-order valence-electron chi connectivity index (χ3n) is 3.04. The highest BCUT2D eigenvalue weighted by molar-refractivity contribution is 5.98. The van der Waals surface area contributed by atoms with Crippen LogP contribution in [-0.2, 0) is 18.2 Å².